The molecular formula is C32H45F3N4O2. The number of aromatic nitrogens is 3. The van der Waals surface area contributed by atoms with Gasteiger partial charge in [-0.25, -0.2) is 4.99 Å². The summed E-state index contributed by atoms with van der Waals surface area (Å²) < 4.78 is 46.9. The van der Waals surface area contributed by atoms with E-state index in [1.165, 1.54) is 94.7 Å². The van der Waals surface area contributed by atoms with Crippen molar-refractivity contribution in [2.45, 2.75) is 116 Å². The summed E-state index contributed by atoms with van der Waals surface area (Å²) in [7, 11) is 0. The Hall–Kier alpha value is -3.10. The topological polar surface area (TPSA) is 61.5 Å². The smallest absolute Gasteiger partial charge is 0.494 e. The second-order valence-electron chi connectivity index (χ2n) is 10.6. The molecule has 3 rings (SSSR count). The van der Waals surface area contributed by atoms with E-state index in [2.05, 4.69) is 26.9 Å². The van der Waals surface area contributed by atoms with Crippen molar-refractivity contribution in [1.29, 1.82) is 0 Å². The van der Waals surface area contributed by atoms with Gasteiger partial charge in [0.1, 0.15) is 22.5 Å². The molecule has 1 heterocycles. The van der Waals surface area contributed by atoms with Crippen molar-refractivity contribution in [3.05, 3.63) is 42.5 Å². The average molecular weight is 575 g/mol. The highest BCUT2D eigenvalue weighted by Gasteiger charge is 2.29. The highest BCUT2D eigenvalue weighted by atomic mass is 19.4. The van der Waals surface area contributed by atoms with E-state index in [-0.39, 0.29) is 5.69 Å². The summed E-state index contributed by atoms with van der Waals surface area (Å²) in [4.78, 5) is 5.19. The molecule has 3 aromatic rings. The highest BCUT2D eigenvalue weighted by molar-refractivity contribution is 5.74. The molecule has 0 saturated carbocycles. The summed E-state index contributed by atoms with van der Waals surface area (Å²) in [6.07, 6.45) is 16.5. The van der Waals surface area contributed by atoms with Crippen molar-refractivity contribution in [1.82, 2.24) is 15.0 Å². The lowest BCUT2D eigenvalue weighted by atomic mass is 10.0. The molecule has 0 N–H and O–H groups in total. The van der Waals surface area contributed by atoms with Crippen molar-refractivity contribution in [2.24, 2.45) is 4.99 Å². The zero-order valence-corrected chi connectivity index (χ0v) is 24.4. The monoisotopic (exact) mass is 574 g/mol. The summed E-state index contributed by atoms with van der Waals surface area (Å²) in [6, 6.07) is 12.2. The van der Waals surface area contributed by atoms with Crippen LogP contribution in [0.15, 0.2) is 47.5 Å². The number of halogens is 3. The van der Waals surface area contributed by atoms with Gasteiger partial charge in [0.15, 0.2) is 6.40 Å². The molecule has 0 aliphatic heterocycles. The lowest BCUT2D eigenvalue weighted by molar-refractivity contribution is -0.280. The summed E-state index contributed by atoms with van der Waals surface area (Å²) >= 11 is 0. The Morgan fingerprint density at radius 2 is 1.24 bits per heavy atom. The minimum Gasteiger partial charge on any atom is -0.494 e. The Morgan fingerprint density at radius 1 is 0.732 bits per heavy atom. The lowest BCUT2D eigenvalue weighted by Crippen LogP contribution is -2.11. The highest BCUT2D eigenvalue weighted by Crippen LogP contribution is 2.29. The van der Waals surface area contributed by atoms with E-state index >= 15 is 0 Å². The summed E-state index contributed by atoms with van der Waals surface area (Å²) in [5.74, 6) is 0.581. The van der Waals surface area contributed by atoms with Crippen LogP contribution < -0.4 is 4.74 Å². The van der Waals surface area contributed by atoms with Crippen LogP contribution in [0.2, 0.25) is 0 Å². The third-order valence-corrected chi connectivity index (χ3v) is 7.09. The van der Waals surface area contributed by atoms with Gasteiger partial charge in [-0.15, -0.1) is 28.2 Å². The Labute approximate surface area is 242 Å². The molecule has 0 radical (unpaired) electrons. The first-order chi connectivity index (χ1) is 20.0. The molecular weight excluding hydrogens is 529 g/mol. The Bertz CT molecular complexity index is 1130. The maximum absolute atomic E-state index is 12.4. The first kappa shape index (κ1) is 32.4. The second kappa shape index (κ2) is 18.4. The quantitative estimate of drug-likeness (QED) is 0.0721. The fourth-order valence-corrected chi connectivity index (χ4v) is 4.81. The molecule has 0 spiro atoms. The van der Waals surface area contributed by atoms with Crippen LogP contribution in [0.3, 0.4) is 0 Å². The van der Waals surface area contributed by atoms with Gasteiger partial charge in [-0.2, -0.15) is 0 Å². The van der Waals surface area contributed by atoms with E-state index in [1.807, 2.05) is 24.3 Å². The number of benzene rings is 2. The number of alkyl halides is 3. The van der Waals surface area contributed by atoms with E-state index in [0.29, 0.717) is 35.5 Å². The van der Waals surface area contributed by atoms with Gasteiger partial charge in [0, 0.05) is 6.07 Å². The minimum atomic E-state index is -4.81. The second-order valence-corrected chi connectivity index (χ2v) is 10.6. The third kappa shape index (κ3) is 13.0. The molecule has 0 unspecified atom stereocenters. The standard InChI is InChI=1S/C32H45F3N4O2/c1-2-3-4-5-6-7-8-9-10-11-12-13-14-15-16-19-24-40-27-22-23-30(36-26-41-32(33,34)35)31(25-27)39-37-28-20-17-18-21-29(28)38-39/h17-18,20-23,25-26H,2-16,19,24H2,1H3. The van der Waals surface area contributed by atoms with Crippen LogP contribution in [-0.2, 0) is 4.74 Å². The van der Waals surface area contributed by atoms with Gasteiger partial charge in [-0.05, 0) is 30.7 Å². The van der Waals surface area contributed by atoms with Crippen LogP contribution in [0, 0.1) is 0 Å². The maximum atomic E-state index is 12.4. The van der Waals surface area contributed by atoms with Crippen molar-refractivity contribution < 1.29 is 22.6 Å². The fraction of sp³-hybridized carbons (Fsp3) is 0.594. The maximum Gasteiger partial charge on any atom is 0.573 e. The van der Waals surface area contributed by atoms with E-state index in [1.54, 1.807) is 18.2 Å². The van der Waals surface area contributed by atoms with E-state index in [9.17, 15) is 13.2 Å². The molecule has 0 aliphatic carbocycles. The summed E-state index contributed by atoms with van der Waals surface area (Å²) in [5, 5.41) is 8.87. The van der Waals surface area contributed by atoms with E-state index < -0.39 is 6.36 Å². The van der Waals surface area contributed by atoms with Gasteiger partial charge < -0.3 is 9.47 Å². The average Bonchev–Trinajstić information content (AvgIpc) is 3.39. The summed E-state index contributed by atoms with van der Waals surface area (Å²) in [6.45, 7) is 2.83. The fourth-order valence-electron chi connectivity index (χ4n) is 4.81. The summed E-state index contributed by atoms with van der Waals surface area (Å²) in [5.41, 5.74) is 1.94. The van der Waals surface area contributed by atoms with Crippen LogP contribution in [0.25, 0.3) is 16.7 Å². The van der Waals surface area contributed by atoms with Gasteiger partial charge in [-0.1, -0.05) is 115 Å². The van der Waals surface area contributed by atoms with E-state index in [4.69, 9.17) is 4.74 Å². The number of rotatable bonds is 21. The first-order valence-corrected chi connectivity index (χ1v) is 15.3. The van der Waals surface area contributed by atoms with Crippen molar-refractivity contribution in [3.63, 3.8) is 0 Å². The molecule has 0 saturated heterocycles. The Morgan fingerprint density at radius 3 is 1.76 bits per heavy atom. The number of nitrogens with zero attached hydrogens (tertiary/aromatic N) is 4. The third-order valence-electron chi connectivity index (χ3n) is 7.09. The van der Waals surface area contributed by atoms with Gasteiger partial charge in [0.05, 0.1) is 12.3 Å². The molecule has 0 aliphatic rings. The SMILES string of the molecule is CCCCCCCCCCCCCCCCCCOc1ccc(N=COC(F)(F)F)c(-n2nc3ccccc3n2)c1. The molecule has 9 heteroatoms. The Balaban J connectivity index is 1.35. The molecule has 41 heavy (non-hydrogen) atoms. The zero-order valence-electron chi connectivity index (χ0n) is 24.4. The normalized spacial score (nSPS) is 12.0. The van der Waals surface area contributed by atoms with E-state index in [0.717, 1.165) is 12.8 Å². The van der Waals surface area contributed by atoms with Gasteiger partial charge in [-0.3, -0.25) is 0 Å². The number of hydrogen-bond acceptors (Lipinski definition) is 5. The van der Waals surface area contributed by atoms with Crippen LogP contribution in [0.1, 0.15) is 110 Å². The predicted molar refractivity (Wildman–Crippen MR) is 159 cm³/mol. The molecule has 0 fully saturated rings. The van der Waals surface area contributed by atoms with Crippen molar-refractivity contribution in [3.8, 4) is 11.4 Å². The van der Waals surface area contributed by atoms with Gasteiger partial charge in [0.25, 0.3) is 0 Å². The molecule has 6 nitrogen and oxygen atoms in total. The van der Waals surface area contributed by atoms with Gasteiger partial charge in [0.2, 0.25) is 0 Å². The molecule has 1 aromatic heterocycles. The number of hydrogen-bond donors (Lipinski definition) is 0. The molecule has 0 amide bonds. The minimum absolute atomic E-state index is 0.226. The number of aliphatic imine (C=N–C) groups is 1. The van der Waals surface area contributed by atoms with Crippen LogP contribution in [0.4, 0.5) is 18.9 Å². The van der Waals surface area contributed by atoms with Crippen LogP contribution in [-0.4, -0.2) is 34.4 Å². The predicted octanol–water partition coefficient (Wildman–Crippen LogP) is 10.3. The Kier molecular flexibility index (Phi) is 14.5. The van der Waals surface area contributed by atoms with Crippen LogP contribution >= 0.6 is 0 Å². The van der Waals surface area contributed by atoms with Crippen molar-refractivity contribution >= 4 is 23.1 Å². The lowest BCUT2D eigenvalue weighted by Gasteiger charge is -2.10. The van der Waals surface area contributed by atoms with Crippen LogP contribution in [0.5, 0.6) is 5.75 Å². The molecule has 0 atom stereocenters. The zero-order chi connectivity index (χ0) is 29.2. The first-order valence-electron chi connectivity index (χ1n) is 15.3. The molecule has 0 bridgehead atoms. The number of ether oxygens (including phenoxy) is 2. The number of unbranched alkanes of at least 4 members (excludes halogenated alkanes) is 15. The number of fused-ring (bicyclic) bond motifs is 1. The molecule has 2 aromatic carbocycles. The molecule has 226 valence electrons. The van der Waals surface area contributed by atoms with Crippen molar-refractivity contribution in [2.75, 3.05) is 6.61 Å². The largest absolute Gasteiger partial charge is 0.573 e. The van der Waals surface area contributed by atoms with Gasteiger partial charge >= 0.3 is 6.36 Å².